The third-order valence-electron chi connectivity index (χ3n) is 2.20. The average Bonchev–Trinajstić information content (AvgIpc) is 2.59. The normalized spacial score (nSPS) is 33.6. The van der Waals surface area contributed by atoms with Crippen molar-refractivity contribution in [1.29, 1.82) is 0 Å². The number of carbonyl (C=O) groups excluding carboxylic acids is 1. The second kappa shape index (κ2) is 3.44. The van der Waals surface area contributed by atoms with Crippen molar-refractivity contribution in [2.24, 2.45) is 11.8 Å². The van der Waals surface area contributed by atoms with Gasteiger partial charge in [-0.15, -0.1) is 0 Å². The van der Waals surface area contributed by atoms with Gasteiger partial charge in [0.15, 0.2) is 0 Å². The first kappa shape index (κ1) is 9.52. The van der Waals surface area contributed by atoms with Crippen molar-refractivity contribution < 1.29 is 14.3 Å². The van der Waals surface area contributed by atoms with Crippen LogP contribution in [0.15, 0.2) is 0 Å². The number of carbonyl (C=O) groups is 1. The minimum absolute atomic E-state index is 0.0302. The molecule has 3 nitrogen and oxygen atoms in total. The van der Waals surface area contributed by atoms with E-state index in [-0.39, 0.29) is 24.1 Å². The van der Waals surface area contributed by atoms with Gasteiger partial charge in [-0.05, 0) is 19.8 Å². The molecule has 1 aliphatic carbocycles. The summed E-state index contributed by atoms with van der Waals surface area (Å²) in [5.74, 6) is 0.144. The topological polar surface area (TPSA) is 35.5 Å². The Morgan fingerprint density at radius 1 is 1.42 bits per heavy atom. The summed E-state index contributed by atoms with van der Waals surface area (Å²) in [6.45, 7) is 5.95. The lowest BCUT2D eigenvalue weighted by atomic mass is 10.3. The lowest BCUT2D eigenvalue weighted by molar-refractivity contribution is -0.143. The highest BCUT2D eigenvalue weighted by atomic mass is 16.5. The first-order chi connectivity index (χ1) is 5.57. The van der Waals surface area contributed by atoms with Crippen molar-refractivity contribution in [2.45, 2.75) is 33.0 Å². The summed E-state index contributed by atoms with van der Waals surface area (Å²) in [6.07, 6.45) is 0.268. The molecular formula is C9H16O3. The van der Waals surface area contributed by atoms with Crippen LogP contribution in [0.3, 0.4) is 0 Å². The molecule has 0 aromatic heterocycles. The summed E-state index contributed by atoms with van der Waals surface area (Å²) in [5.41, 5.74) is 0. The molecule has 70 valence electrons. The van der Waals surface area contributed by atoms with Crippen LogP contribution in [-0.2, 0) is 14.3 Å². The first-order valence-corrected chi connectivity index (χ1v) is 4.31. The molecule has 12 heavy (non-hydrogen) atoms. The maximum absolute atomic E-state index is 11.1. The molecular weight excluding hydrogens is 156 g/mol. The van der Waals surface area contributed by atoms with Crippen molar-refractivity contribution >= 4 is 5.97 Å². The molecule has 0 bridgehead atoms. The summed E-state index contributed by atoms with van der Waals surface area (Å²) in [4.78, 5) is 11.1. The van der Waals surface area contributed by atoms with Gasteiger partial charge in [0.05, 0.1) is 25.2 Å². The van der Waals surface area contributed by atoms with Crippen molar-refractivity contribution in [1.82, 2.24) is 0 Å². The van der Waals surface area contributed by atoms with E-state index >= 15 is 0 Å². The zero-order valence-corrected chi connectivity index (χ0v) is 8.03. The molecule has 0 spiro atoms. The Labute approximate surface area is 73.0 Å². The average molecular weight is 172 g/mol. The molecule has 3 heteroatoms. The number of methoxy groups -OCH3 is 1. The molecule has 1 saturated carbocycles. The number of esters is 1. The van der Waals surface area contributed by atoms with Crippen LogP contribution in [0, 0.1) is 11.8 Å². The van der Waals surface area contributed by atoms with Crippen molar-refractivity contribution in [3.8, 4) is 0 Å². The third kappa shape index (κ3) is 1.78. The van der Waals surface area contributed by atoms with Crippen LogP contribution in [0.1, 0.15) is 20.8 Å². The quantitative estimate of drug-likeness (QED) is 0.600. The van der Waals surface area contributed by atoms with Crippen LogP contribution in [-0.4, -0.2) is 25.3 Å². The van der Waals surface area contributed by atoms with Gasteiger partial charge < -0.3 is 9.47 Å². The number of rotatable bonds is 3. The Balaban J connectivity index is 2.37. The Morgan fingerprint density at radius 2 is 2.00 bits per heavy atom. The first-order valence-electron chi connectivity index (χ1n) is 4.31. The Hall–Kier alpha value is -0.570. The van der Waals surface area contributed by atoms with Gasteiger partial charge in [0, 0.05) is 0 Å². The van der Waals surface area contributed by atoms with E-state index in [0.29, 0.717) is 5.92 Å². The molecule has 1 fully saturated rings. The highest BCUT2D eigenvalue weighted by Crippen LogP contribution is 2.42. The van der Waals surface area contributed by atoms with Gasteiger partial charge in [0.25, 0.3) is 0 Å². The van der Waals surface area contributed by atoms with E-state index < -0.39 is 0 Å². The summed E-state index contributed by atoms with van der Waals surface area (Å²) in [7, 11) is 1.42. The van der Waals surface area contributed by atoms with E-state index in [1.165, 1.54) is 7.11 Å². The molecule has 0 aromatic rings. The monoisotopic (exact) mass is 172 g/mol. The molecule has 0 N–H and O–H groups in total. The predicted octanol–water partition coefficient (Wildman–Crippen LogP) is 1.22. The van der Waals surface area contributed by atoms with Gasteiger partial charge in [-0.2, -0.15) is 0 Å². The fourth-order valence-electron chi connectivity index (χ4n) is 1.43. The highest BCUT2D eigenvalue weighted by Gasteiger charge is 2.54. The second-order valence-corrected chi connectivity index (χ2v) is 3.56. The summed E-state index contributed by atoms with van der Waals surface area (Å²) in [5, 5.41) is 0. The molecule has 1 rings (SSSR count). The van der Waals surface area contributed by atoms with Gasteiger partial charge in [0.2, 0.25) is 0 Å². The Kier molecular flexibility index (Phi) is 2.73. The van der Waals surface area contributed by atoms with Crippen molar-refractivity contribution in [2.75, 3.05) is 7.11 Å². The van der Waals surface area contributed by atoms with Crippen LogP contribution in [0.5, 0.6) is 0 Å². The van der Waals surface area contributed by atoms with Crippen molar-refractivity contribution in [3.05, 3.63) is 0 Å². The highest BCUT2D eigenvalue weighted by molar-refractivity contribution is 5.76. The van der Waals surface area contributed by atoms with Crippen LogP contribution in [0.25, 0.3) is 0 Å². The fourth-order valence-corrected chi connectivity index (χ4v) is 1.43. The summed E-state index contributed by atoms with van der Waals surface area (Å²) in [6, 6.07) is 0. The van der Waals surface area contributed by atoms with Gasteiger partial charge in [0.1, 0.15) is 0 Å². The van der Waals surface area contributed by atoms with Crippen LogP contribution in [0.2, 0.25) is 0 Å². The number of hydrogen-bond acceptors (Lipinski definition) is 3. The van der Waals surface area contributed by atoms with E-state index in [1.54, 1.807) is 0 Å². The number of ether oxygens (including phenoxy) is 2. The molecule has 3 atom stereocenters. The van der Waals surface area contributed by atoms with Crippen LogP contribution >= 0.6 is 0 Å². The minimum Gasteiger partial charge on any atom is -0.469 e. The molecule has 0 radical (unpaired) electrons. The SMILES string of the molecule is COC(=O)C1[C@@H](OC(C)C)[C@H]1C. The lowest BCUT2D eigenvalue weighted by Crippen LogP contribution is -2.11. The molecule has 1 aliphatic rings. The summed E-state index contributed by atoms with van der Waals surface area (Å²) < 4.78 is 10.1. The molecule has 0 amide bonds. The summed E-state index contributed by atoms with van der Waals surface area (Å²) >= 11 is 0. The predicted molar refractivity (Wildman–Crippen MR) is 44.7 cm³/mol. The van der Waals surface area contributed by atoms with E-state index in [0.717, 1.165) is 0 Å². The van der Waals surface area contributed by atoms with Crippen molar-refractivity contribution in [3.63, 3.8) is 0 Å². The van der Waals surface area contributed by atoms with E-state index in [2.05, 4.69) is 4.74 Å². The fraction of sp³-hybridized carbons (Fsp3) is 0.889. The zero-order valence-electron chi connectivity index (χ0n) is 8.03. The Morgan fingerprint density at radius 3 is 2.42 bits per heavy atom. The smallest absolute Gasteiger partial charge is 0.311 e. The largest absolute Gasteiger partial charge is 0.469 e. The standard InChI is InChI=1S/C9H16O3/c1-5(2)12-8-6(3)7(8)9(10)11-4/h5-8H,1-4H3/t6-,7?,8-/m0/s1. The molecule has 0 aromatic carbocycles. The number of hydrogen-bond donors (Lipinski definition) is 0. The van der Waals surface area contributed by atoms with E-state index in [1.807, 2.05) is 20.8 Å². The Bertz CT molecular complexity index is 177. The third-order valence-corrected chi connectivity index (χ3v) is 2.20. The molecule has 1 unspecified atom stereocenters. The zero-order chi connectivity index (χ0) is 9.30. The molecule has 0 saturated heterocycles. The van der Waals surface area contributed by atoms with E-state index in [4.69, 9.17) is 4.74 Å². The second-order valence-electron chi connectivity index (χ2n) is 3.56. The van der Waals surface area contributed by atoms with E-state index in [9.17, 15) is 4.79 Å². The molecule has 0 heterocycles. The molecule has 0 aliphatic heterocycles. The van der Waals surface area contributed by atoms with Crippen LogP contribution < -0.4 is 0 Å². The van der Waals surface area contributed by atoms with Crippen LogP contribution in [0.4, 0.5) is 0 Å². The van der Waals surface area contributed by atoms with Gasteiger partial charge in [-0.3, -0.25) is 4.79 Å². The maximum Gasteiger partial charge on any atom is 0.311 e. The van der Waals surface area contributed by atoms with Gasteiger partial charge in [-0.1, -0.05) is 6.92 Å². The minimum atomic E-state index is -0.145. The van der Waals surface area contributed by atoms with Gasteiger partial charge >= 0.3 is 5.97 Å². The lowest BCUT2D eigenvalue weighted by Gasteiger charge is -2.05. The van der Waals surface area contributed by atoms with Gasteiger partial charge in [-0.25, -0.2) is 0 Å². The maximum atomic E-state index is 11.1.